The summed E-state index contributed by atoms with van der Waals surface area (Å²) in [6, 6.07) is 6.55. The zero-order valence-electron chi connectivity index (χ0n) is 9.64. The van der Waals surface area contributed by atoms with E-state index >= 15 is 0 Å². The Morgan fingerprint density at radius 1 is 1.00 bits per heavy atom. The largest absolute Gasteiger partial charge is 0.377 e. The molecule has 0 radical (unpaired) electrons. The molecule has 16 heavy (non-hydrogen) atoms. The molecule has 0 aliphatic heterocycles. The normalized spacial score (nSPS) is 10.7. The summed E-state index contributed by atoms with van der Waals surface area (Å²) in [5.41, 5.74) is 1.28. The molecule has 0 saturated heterocycles. The number of unbranched alkanes of at least 4 members (excludes halogenated alkanes) is 3. The van der Waals surface area contributed by atoms with Gasteiger partial charge in [0.15, 0.2) is 0 Å². The van der Waals surface area contributed by atoms with Gasteiger partial charge in [0, 0.05) is 13.7 Å². The van der Waals surface area contributed by atoms with Gasteiger partial charge in [-0.25, -0.2) is 0 Å². The van der Waals surface area contributed by atoms with E-state index in [1.165, 1.54) is 38.4 Å². The van der Waals surface area contributed by atoms with E-state index in [0.29, 0.717) is 0 Å². The molecule has 0 aromatic heterocycles. The molecule has 0 amide bonds. The van der Waals surface area contributed by atoms with E-state index in [-0.39, 0.29) is 0 Å². The highest BCUT2D eigenvalue weighted by Crippen LogP contribution is 2.15. The molecule has 1 aromatic rings. The van der Waals surface area contributed by atoms with Crippen LogP contribution in [-0.2, 0) is 11.3 Å². The van der Waals surface area contributed by atoms with Crippen LogP contribution in [0.4, 0.5) is 0 Å². The van der Waals surface area contributed by atoms with Crippen LogP contribution in [0.3, 0.4) is 0 Å². The molecule has 0 bridgehead atoms. The molecule has 0 N–H and O–H groups in total. The molecule has 0 fully saturated rings. The molecule has 0 spiro atoms. The van der Waals surface area contributed by atoms with Crippen molar-refractivity contribution < 1.29 is 4.74 Å². The third-order valence-corrected chi connectivity index (χ3v) is 3.58. The van der Waals surface area contributed by atoms with E-state index in [0.717, 1.165) is 13.2 Å². The summed E-state index contributed by atoms with van der Waals surface area (Å²) in [5.74, 6) is 0. The van der Waals surface area contributed by atoms with Crippen LogP contribution in [0.25, 0.3) is 0 Å². The monoisotopic (exact) mass is 444 g/mol. The van der Waals surface area contributed by atoms with Crippen LogP contribution in [-0.4, -0.2) is 6.61 Å². The van der Waals surface area contributed by atoms with Crippen molar-refractivity contribution >= 4 is 45.2 Å². The lowest BCUT2D eigenvalue weighted by Crippen LogP contribution is -1.96. The van der Waals surface area contributed by atoms with Crippen molar-refractivity contribution in [1.82, 2.24) is 0 Å². The Labute approximate surface area is 126 Å². The third kappa shape index (κ3) is 6.39. The number of benzene rings is 1. The molecule has 1 nitrogen and oxygen atoms in total. The molecule has 0 aliphatic rings. The molecule has 0 atom stereocenters. The molecule has 1 rings (SSSR count). The third-order valence-electron chi connectivity index (χ3n) is 2.33. The van der Waals surface area contributed by atoms with Gasteiger partial charge in [0.25, 0.3) is 0 Å². The van der Waals surface area contributed by atoms with Gasteiger partial charge in [0.1, 0.15) is 0 Å². The fourth-order valence-electron chi connectivity index (χ4n) is 1.52. The van der Waals surface area contributed by atoms with E-state index in [2.05, 4.69) is 70.3 Å². The summed E-state index contributed by atoms with van der Waals surface area (Å²) in [6.07, 6.45) is 5.09. The first-order chi connectivity index (χ1) is 7.72. The van der Waals surface area contributed by atoms with Crippen molar-refractivity contribution in [2.75, 3.05) is 6.61 Å². The lowest BCUT2D eigenvalue weighted by atomic mass is 10.2. The van der Waals surface area contributed by atoms with Gasteiger partial charge in [0.05, 0.1) is 6.61 Å². The van der Waals surface area contributed by atoms with Crippen molar-refractivity contribution in [3.05, 3.63) is 30.9 Å². The summed E-state index contributed by atoms with van der Waals surface area (Å²) in [7, 11) is 0. The average Bonchev–Trinajstić information content (AvgIpc) is 2.22. The Bertz CT molecular complexity index is 293. The summed E-state index contributed by atoms with van der Waals surface area (Å²) < 4.78 is 8.24. The topological polar surface area (TPSA) is 9.23 Å². The number of rotatable bonds is 7. The summed E-state index contributed by atoms with van der Waals surface area (Å²) in [6.45, 7) is 3.87. The molecular formula is C13H18I2O. The number of hydrogen-bond donors (Lipinski definition) is 0. The van der Waals surface area contributed by atoms with Gasteiger partial charge in [-0.1, -0.05) is 26.2 Å². The second kappa shape index (κ2) is 8.69. The molecule has 0 saturated carbocycles. The Morgan fingerprint density at radius 3 is 2.31 bits per heavy atom. The Hall–Kier alpha value is 0.640. The summed E-state index contributed by atoms with van der Waals surface area (Å²) in [5, 5.41) is 0. The predicted molar refractivity (Wildman–Crippen MR) is 85.7 cm³/mol. The van der Waals surface area contributed by atoms with Gasteiger partial charge in [-0.15, -0.1) is 0 Å². The van der Waals surface area contributed by atoms with Crippen LogP contribution < -0.4 is 0 Å². The first-order valence-electron chi connectivity index (χ1n) is 5.75. The molecule has 3 heteroatoms. The highest BCUT2D eigenvalue weighted by Gasteiger charge is 1.98. The van der Waals surface area contributed by atoms with Crippen LogP contribution in [0.2, 0.25) is 0 Å². The van der Waals surface area contributed by atoms with Crippen molar-refractivity contribution in [3.8, 4) is 0 Å². The lowest BCUT2D eigenvalue weighted by molar-refractivity contribution is 0.116. The second-order valence-corrected chi connectivity index (χ2v) is 6.38. The second-order valence-electron chi connectivity index (χ2n) is 3.89. The average molecular weight is 444 g/mol. The number of hydrogen-bond acceptors (Lipinski definition) is 1. The van der Waals surface area contributed by atoms with Crippen LogP contribution in [0, 0.1) is 7.14 Å². The molecule has 90 valence electrons. The minimum Gasteiger partial charge on any atom is -0.377 e. The standard InChI is InChI=1S/C13H18I2O/c1-2-3-4-5-6-16-10-11-7-12(14)9-13(15)8-11/h7-9H,2-6,10H2,1H3. The summed E-state index contributed by atoms with van der Waals surface area (Å²) in [4.78, 5) is 0. The quantitative estimate of drug-likeness (QED) is 0.426. The number of ether oxygens (including phenoxy) is 1. The number of halogens is 2. The van der Waals surface area contributed by atoms with Crippen LogP contribution in [0.15, 0.2) is 18.2 Å². The van der Waals surface area contributed by atoms with Gasteiger partial charge >= 0.3 is 0 Å². The first kappa shape index (κ1) is 14.7. The Balaban J connectivity index is 2.21. The SMILES string of the molecule is CCCCCCOCc1cc(I)cc(I)c1. The fourth-order valence-corrected chi connectivity index (χ4v) is 3.58. The summed E-state index contributed by atoms with van der Waals surface area (Å²) >= 11 is 4.70. The van der Waals surface area contributed by atoms with Crippen LogP contribution >= 0.6 is 45.2 Å². The Kier molecular flexibility index (Phi) is 7.98. The molecular weight excluding hydrogens is 426 g/mol. The molecule has 0 unspecified atom stereocenters. The fraction of sp³-hybridized carbons (Fsp3) is 0.538. The zero-order valence-corrected chi connectivity index (χ0v) is 14.0. The molecule has 1 aromatic carbocycles. The van der Waals surface area contributed by atoms with E-state index < -0.39 is 0 Å². The highest BCUT2D eigenvalue weighted by molar-refractivity contribution is 14.1. The van der Waals surface area contributed by atoms with E-state index in [4.69, 9.17) is 4.74 Å². The minimum atomic E-state index is 0.749. The Morgan fingerprint density at radius 2 is 1.69 bits per heavy atom. The van der Waals surface area contributed by atoms with Gasteiger partial charge in [-0.2, -0.15) is 0 Å². The van der Waals surface area contributed by atoms with Gasteiger partial charge in [0.2, 0.25) is 0 Å². The smallest absolute Gasteiger partial charge is 0.0717 e. The van der Waals surface area contributed by atoms with Gasteiger partial charge in [-0.3, -0.25) is 0 Å². The van der Waals surface area contributed by atoms with E-state index in [1.54, 1.807) is 0 Å². The minimum absolute atomic E-state index is 0.749. The van der Waals surface area contributed by atoms with Gasteiger partial charge in [-0.05, 0) is 75.4 Å². The van der Waals surface area contributed by atoms with Crippen LogP contribution in [0.1, 0.15) is 38.2 Å². The highest BCUT2D eigenvalue weighted by atomic mass is 127. The zero-order chi connectivity index (χ0) is 11.8. The first-order valence-corrected chi connectivity index (χ1v) is 7.91. The van der Waals surface area contributed by atoms with Gasteiger partial charge < -0.3 is 4.74 Å². The van der Waals surface area contributed by atoms with E-state index in [1.807, 2.05) is 0 Å². The molecule has 0 heterocycles. The van der Waals surface area contributed by atoms with E-state index in [9.17, 15) is 0 Å². The maximum Gasteiger partial charge on any atom is 0.0717 e. The maximum atomic E-state index is 5.67. The van der Waals surface area contributed by atoms with Crippen LogP contribution in [0.5, 0.6) is 0 Å². The van der Waals surface area contributed by atoms with Crippen molar-refractivity contribution in [2.45, 2.75) is 39.2 Å². The van der Waals surface area contributed by atoms with Crippen molar-refractivity contribution in [3.63, 3.8) is 0 Å². The maximum absolute atomic E-state index is 5.67. The lowest BCUT2D eigenvalue weighted by Gasteiger charge is -2.05. The van der Waals surface area contributed by atoms with Crippen molar-refractivity contribution in [2.24, 2.45) is 0 Å². The molecule has 0 aliphatic carbocycles. The predicted octanol–water partition coefficient (Wildman–Crippen LogP) is 4.99. The van der Waals surface area contributed by atoms with Crippen molar-refractivity contribution in [1.29, 1.82) is 0 Å².